The zero-order valence-corrected chi connectivity index (χ0v) is 22.6. The van der Waals surface area contributed by atoms with Crippen molar-refractivity contribution in [2.75, 3.05) is 11.4 Å². The fraction of sp³-hybridized carbons (Fsp3) is 0.333. The van der Waals surface area contributed by atoms with E-state index >= 15 is 0 Å². The molecule has 1 unspecified atom stereocenters. The summed E-state index contributed by atoms with van der Waals surface area (Å²) in [4.78, 5) is 26.2. The third-order valence-electron chi connectivity index (χ3n) is 5.33. The van der Waals surface area contributed by atoms with Crippen molar-refractivity contribution in [3.63, 3.8) is 0 Å². The highest BCUT2D eigenvalue weighted by Crippen LogP contribution is 2.34. The number of carbonyl (C=O) groups excluding carboxylic acids is 1. The molecule has 1 aromatic carbocycles. The molecule has 0 fully saturated rings. The summed E-state index contributed by atoms with van der Waals surface area (Å²) in [6.07, 6.45) is -2.59. The third kappa shape index (κ3) is 5.64. The summed E-state index contributed by atoms with van der Waals surface area (Å²) in [7, 11) is 0. The van der Waals surface area contributed by atoms with Gasteiger partial charge in [-0.2, -0.15) is 23.4 Å². The molecule has 188 valence electrons. The SMILES string of the molecule is CC.NC(=O)c1nn(Cc2ccccc2C(F)(F)F)c2c1CN(c1cnn(PI)c(=O)c1Cl)CC2. The monoisotopic (exact) mass is 640 g/mol. The van der Waals surface area contributed by atoms with Gasteiger partial charge in [-0.25, -0.2) is 4.45 Å². The number of benzene rings is 1. The molecule has 0 aliphatic carbocycles. The highest BCUT2D eigenvalue weighted by atomic mass is 127. The first-order valence-electron chi connectivity index (χ1n) is 10.5. The predicted molar refractivity (Wildman–Crippen MR) is 139 cm³/mol. The zero-order chi connectivity index (χ0) is 25.9. The number of amides is 1. The molecule has 2 N–H and O–H groups in total. The minimum absolute atomic E-state index is 0.00439. The lowest BCUT2D eigenvalue weighted by Crippen LogP contribution is -2.34. The van der Waals surface area contributed by atoms with Gasteiger partial charge in [0.2, 0.25) is 0 Å². The van der Waals surface area contributed by atoms with Crippen LogP contribution in [-0.4, -0.2) is 31.8 Å². The molecule has 1 atom stereocenters. The molecule has 2 aromatic heterocycles. The Balaban J connectivity index is 0.00000167. The van der Waals surface area contributed by atoms with E-state index in [-0.39, 0.29) is 35.7 Å². The van der Waals surface area contributed by atoms with E-state index in [4.69, 9.17) is 17.3 Å². The number of carbonyl (C=O) groups is 1. The maximum absolute atomic E-state index is 13.4. The molecule has 3 aromatic rings. The summed E-state index contributed by atoms with van der Waals surface area (Å²) in [5.41, 5.74) is 5.85. The van der Waals surface area contributed by atoms with Crippen LogP contribution in [0.5, 0.6) is 0 Å². The molecule has 0 radical (unpaired) electrons. The van der Waals surface area contributed by atoms with Crippen molar-refractivity contribution in [3.8, 4) is 0 Å². The van der Waals surface area contributed by atoms with Crippen LogP contribution in [0.15, 0.2) is 35.3 Å². The van der Waals surface area contributed by atoms with Crippen LogP contribution in [0.25, 0.3) is 0 Å². The Hall–Kier alpha value is -2.18. The quantitative estimate of drug-likeness (QED) is 0.324. The van der Waals surface area contributed by atoms with Gasteiger partial charge in [0.15, 0.2) is 5.69 Å². The van der Waals surface area contributed by atoms with Crippen LogP contribution in [-0.2, 0) is 25.7 Å². The van der Waals surface area contributed by atoms with Crippen molar-refractivity contribution < 1.29 is 18.0 Å². The predicted octanol–water partition coefficient (Wildman–Crippen LogP) is 4.64. The van der Waals surface area contributed by atoms with Gasteiger partial charge in [-0.05, 0) is 33.7 Å². The second kappa shape index (κ2) is 11.3. The number of aromatic nitrogens is 4. The van der Waals surface area contributed by atoms with E-state index in [2.05, 4.69) is 10.2 Å². The number of nitrogens with zero attached hydrogens (tertiary/aromatic N) is 5. The van der Waals surface area contributed by atoms with Gasteiger partial charge < -0.3 is 10.6 Å². The fourth-order valence-corrected chi connectivity index (χ4v) is 5.47. The minimum Gasteiger partial charge on any atom is -0.364 e. The van der Waals surface area contributed by atoms with Crippen molar-refractivity contribution in [1.82, 2.24) is 19.3 Å². The maximum Gasteiger partial charge on any atom is 0.416 e. The second-order valence-corrected chi connectivity index (χ2v) is 9.69. The minimum atomic E-state index is -4.52. The van der Waals surface area contributed by atoms with Crippen molar-refractivity contribution >= 4 is 51.6 Å². The summed E-state index contributed by atoms with van der Waals surface area (Å²) in [6.45, 7) is 4.39. The van der Waals surface area contributed by atoms with E-state index < -0.39 is 23.2 Å². The van der Waals surface area contributed by atoms with Gasteiger partial charge >= 0.3 is 6.18 Å². The van der Waals surface area contributed by atoms with Gasteiger partial charge in [0.25, 0.3) is 11.5 Å². The van der Waals surface area contributed by atoms with E-state index in [0.717, 1.165) is 6.07 Å². The molecule has 3 heterocycles. The summed E-state index contributed by atoms with van der Waals surface area (Å²) >= 11 is 8.30. The van der Waals surface area contributed by atoms with Gasteiger partial charge in [-0.1, -0.05) is 43.6 Å². The van der Waals surface area contributed by atoms with Gasteiger partial charge in [-0.3, -0.25) is 14.3 Å². The highest BCUT2D eigenvalue weighted by molar-refractivity contribution is 14.2. The molecular formula is C21H22ClF3IN6O2P. The Kier molecular flexibility index (Phi) is 8.81. The standard InChI is InChI=1S/C19H16ClF3IN6O2P.C2H6/c20-15-14(7-26-30(33-24)18(15)32)28-6-5-13-11(9-28)16(17(25)31)27-29(13)8-10-3-1-2-4-12(10)19(21,22)23;1-2/h1-4,7,33H,5-6,8-9H2,(H2,25,31);1-2H3. The fourth-order valence-electron chi connectivity index (χ4n) is 3.83. The molecule has 0 saturated carbocycles. The van der Waals surface area contributed by atoms with Gasteiger partial charge in [0, 0.05) is 30.8 Å². The largest absolute Gasteiger partial charge is 0.416 e. The van der Waals surface area contributed by atoms with Crippen molar-refractivity contribution in [3.05, 3.63) is 73.9 Å². The molecular weight excluding hydrogens is 619 g/mol. The molecule has 1 aliphatic heterocycles. The molecule has 1 aliphatic rings. The van der Waals surface area contributed by atoms with E-state index in [1.165, 1.54) is 33.5 Å². The number of alkyl halides is 3. The number of rotatable bonds is 5. The lowest BCUT2D eigenvalue weighted by molar-refractivity contribution is -0.138. The topological polar surface area (TPSA) is 99.0 Å². The number of nitrogens with two attached hydrogens (primary N) is 1. The Bertz CT molecular complexity index is 1300. The van der Waals surface area contributed by atoms with Crippen LogP contribution in [0.1, 0.15) is 46.7 Å². The average molecular weight is 641 g/mol. The van der Waals surface area contributed by atoms with Gasteiger partial charge in [-0.15, -0.1) is 0 Å². The smallest absolute Gasteiger partial charge is 0.364 e. The Labute approximate surface area is 218 Å². The van der Waals surface area contributed by atoms with Crippen LogP contribution in [0.2, 0.25) is 5.02 Å². The van der Waals surface area contributed by atoms with E-state index in [1.54, 1.807) is 4.90 Å². The van der Waals surface area contributed by atoms with Crippen LogP contribution in [0.4, 0.5) is 18.9 Å². The Morgan fingerprint density at radius 2 is 1.97 bits per heavy atom. The second-order valence-electron chi connectivity index (χ2n) is 7.27. The summed E-state index contributed by atoms with van der Waals surface area (Å²) in [5, 5.41) is 8.35. The van der Waals surface area contributed by atoms with Gasteiger partial charge in [0.1, 0.15) is 5.02 Å². The number of hydrogen-bond donors (Lipinski definition) is 1. The number of halogens is 5. The van der Waals surface area contributed by atoms with Gasteiger partial charge in [0.05, 0.1) is 30.4 Å². The van der Waals surface area contributed by atoms with E-state index in [9.17, 15) is 22.8 Å². The average Bonchev–Trinajstić information content (AvgIpc) is 3.19. The lowest BCUT2D eigenvalue weighted by Gasteiger charge is -2.30. The van der Waals surface area contributed by atoms with Crippen LogP contribution >= 0.6 is 40.0 Å². The lowest BCUT2D eigenvalue weighted by atomic mass is 10.0. The molecule has 0 saturated heterocycles. The molecule has 0 bridgehead atoms. The van der Waals surface area contributed by atoms with Crippen LogP contribution in [0, 0.1) is 0 Å². The molecule has 1 amide bonds. The van der Waals surface area contributed by atoms with Crippen LogP contribution < -0.4 is 16.2 Å². The van der Waals surface area contributed by atoms with Crippen molar-refractivity contribution in [2.45, 2.75) is 39.5 Å². The number of primary amides is 1. The van der Waals surface area contributed by atoms with E-state index in [0.29, 0.717) is 29.9 Å². The first-order valence-corrected chi connectivity index (χ1v) is 15.0. The summed E-state index contributed by atoms with van der Waals surface area (Å²) in [6, 6.07) is 5.23. The summed E-state index contributed by atoms with van der Waals surface area (Å²) < 4.78 is 42.9. The maximum atomic E-state index is 13.4. The zero-order valence-electron chi connectivity index (χ0n) is 18.7. The number of hydrogen-bond acceptors (Lipinski definition) is 5. The molecule has 0 spiro atoms. The molecule has 14 heteroatoms. The normalized spacial score (nSPS) is 13.5. The molecule has 35 heavy (non-hydrogen) atoms. The van der Waals surface area contributed by atoms with Crippen molar-refractivity contribution in [2.24, 2.45) is 5.73 Å². The van der Waals surface area contributed by atoms with Crippen LogP contribution in [0.3, 0.4) is 0 Å². The Morgan fingerprint density at radius 1 is 1.29 bits per heavy atom. The van der Waals surface area contributed by atoms with Crippen molar-refractivity contribution in [1.29, 1.82) is 0 Å². The first kappa shape index (κ1) is 27.4. The Morgan fingerprint density at radius 3 is 2.60 bits per heavy atom. The molecule has 8 nitrogen and oxygen atoms in total. The third-order valence-corrected chi connectivity index (χ3v) is 7.54. The number of anilines is 1. The summed E-state index contributed by atoms with van der Waals surface area (Å²) in [5.74, 6) is -0.790. The highest BCUT2D eigenvalue weighted by Gasteiger charge is 2.34. The number of fused-ring (bicyclic) bond motifs is 1. The molecule has 4 rings (SSSR count). The first-order chi connectivity index (χ1) is 16.6. The van der Waals surface area contributed by atoms with E-state index in [1.807, 2.05) is 35.9 Å².